The largest absolute Gasteiger partial charge is 0.466 e. The number of rotatable bonds is 7. The van der Waals surface area contributed by atoms with Gasteiger partial charge in [0.15, 0.2) is 4.34 Å². The van der Waals surface area contributed by atoms with Crippen LogP contribution in [0.3, 0.4) is 0 Å². The van der Waals surface area contributed by atoms with Gasteiger partial charge < -0.3 is 15.0 Å². The Hall–Kier alpha value is -2.20. The van der Waals surface area contributed by atoms with Crippen LogP contribution in [0.25, 0.3) is 0 Å². The highest BCUT2D eigenvalue weighted by Crippen LogP contribution is 2.32. The van der Waals surface area contributed by atoms with Gasteiger partial charge in [-0.2, -0.15) is 0 Å². The summed E-state index contributed by atoms with van der Waals surface area (Å²) in [7, 11) is 0. The number of hydrogen-bond acceptors (Lipinski definition) is 8. The molecule has 0 radical (unpaired) electrons. The Bertz CT molecular complexity index is 855. The molecule has 29 heavy (non-hydrogen) atoms. The number of esters is 1. The lowest BCUT2D eigenvalue weighted by Crippen LogP contribution is -2.43. The van der Waals surface area contributed by atoms with Crippen molar-refractivity contribution in [3.63, 3.8) is 0 Å². The maximum atomic E-state index is 13.3. The summed E-state index contributed by atoms with van der Waals surface area (Å²) in [5.41, 5.74) is 0.589. The van der Waals surface area contributed by atoms with E-state index in [4.69, 9.17) is 4.74 Å². The molecule has 3 rings (SSSR count). The molecule has 0 saturated carbocycles. The third-order valence-electron chi connectivity index (χ3n) is 4.53. The topological polar surface area (TPSA) is 84.4 Å². The lowest BCUT2D eigenvalue weighted by atomic mass is 9.97. The number of aromatic nitrogens is 2. The van der Waals surface area contributed by atoms with Crippen molar-refractivity contribution in [2.75, 3.05) is 25.0 Å². The number of thioether (sulfide) groups is 1. The highest BCUT2D eigenvalue weighted by Gasteiger charge is 2.30. The number of piperidine rings is 1. The fraction of sp³-hybridized carbons (Fsp3) is 0.474. The molecule has 1 saturated heterocycles. The molecule has 1 aliphatic heterocycles. The predicted octanol–water partition coefficient (Wildman–Crippen LogP) is 3.70. The highest BCUT2D eigenvalue weighted by atomic mass is 32.2. The van der Waals surface area contributed by atoms with Crippen LogP contribution in [0.1, 0.15) is 26.7 Å². The van der Waals surface area contributed by atoms with Gasteiger partial charge in [-0.15, -0.1) is 10.2 Å². The first kappa shape index (κ1) is 21.5. The van der Waals surface area contributed by atoms with E-state index in [1.54, 1.807) is 24.0 Å². The first-order chi connectivity index (χ1) is 14.0. The smallest absolute Gasteiger partial charge is 0.309 e. The quantitative estimate of drug-likeness (QED) is 0.521. The molecule has 2 heterocycles. The van der Waals surface area contributed by atoms with Crippen molar-refractivity contribution in [1.82, 2.24) is 15.1 Å². The molecule has 1 atom stereocenters. The molecule has 1 N–H and O–H groups in total. The molecule has 10 heteroatoms. The summed E-state index contributed by atoms with van der Waals surface area (Å²) in [5.74, 6) is -0.608. The number of amides is 1. The van der Waals surface area contributed by atoms with E-state index < -0.39 is 0 Å². The fourth-order valence-corrected chi connectivity index (χ4v) is 5.05. The van der Waals surface area contributed by atoms with Crippen molar-refractivity contribution >= 4 is 45.8 Å². The number of benzene rings is 1. The number of carbonyl (C=O) groups is 2. The van der Waals surface area contributed by atoms with Crippen LogP contribution in [-0.4, -0.2) is 51.9 Å². The molecular formula is C19H23FN4O3S2. The molecule has 7 nitrogen and oxygen atoms in total. The van der Waals surface area contributed by atoms with Crippen LogP contribution < -0.4 is 5.32 Å². The van der Waals surface area contributed by atoms with E-state index in [-0.39, 0.29) is 28.9 Å². The van der Waals surface area contributed by atoms with Gasteiger partial charge in [0.2, 0.25) is 11.0 Å². The van der Waals surface area contributed by atoms with E-state index in [1.807, 2.05) is 6.92 Å². The Balaban J connectivity index is 1.50. The van der Waals surface area contributed by atoms with Crippen molar-refractivity contribution in [1.29, 1.82) is 0 Å². The summed E-state index contributed by atoms with van der Waals surface area (Å²) in [4.78, 5) is 26.4. The number of halogens is 1. The van der Waals surface area contributed by atoms with Crippen LogP contribution in [-0.2, 0) is 14.3 Å². The second-order valence-corrected chi connectivity index (χ2v) is 9.19. The summed E-state index contributed by atoms with van der Waals surface area (Å²) in [6.07, 6.45) is 1.25. The molecule has 1 aliphatic rings. The second kappa shape index (κ2) is 10.0. The van der Waals surface area contributed by atoms with Crippen LogP contribution >= 0.6 is 23.1 Å². The van der Waals surface area contributed by atoms with Crippen molar-refractivity contribution in [2.24, 2.45) is 5.92 Å². The molecule has 1 fully saturated rings. The Morgan fingerprint density at radius 3 is 2.83 bits per heavy atom. The normalized spacial score (nSPS) is 15.8. The van der Waals surface area contributed by atoms with Crippen LogP contribution in [0.2, 0.25) is 0 Å². The van der Waals surface area contributed by atoms with Crippen molar-refractivity contribution in [2.45, 2.75) is 36.3 Å². The Labute approximate surface area is 177 Å². The first-order valence-corrected chi connectivity index (χ1v) is 11.1. The highest BCUT2D eigenvalue weighted by molar-refractivity contribution is 8.02. The average molecular weight is 439 g/mol. The van der Waals surface area contributed by atoms with Crippen LogP contribution in [0.4, 0.5) is 15.2 Å². The summed E-state index contributed by atoms with van der Waals surface area (Å²) < 4.78 is 19.0. The minimum absolute atomic E-state index is 0.0205. The summed E-state index contributed by atoms with van der Waals surface area (Å²) in [6, 6.07) is 6.10. The minimum Gasteiger partial charge on any atom is -0.466 e. The van der Waals surface area contributed by atoms with Crippen molar-refractivity contribution < 1.29 is 18.7 Å². The SMILES string of the molecule is CCOC(=O)C1CCN(C(=O)C(C)Sc2nnc(Nc3cccc(F)c3)s2)CC1. The maximum Gasteiger partial charge on any atom is 0.309 e. The van der Waals surface area contributed by atoms with Crippen LogP contribution in [0.15, 0.2) is 28.6 Å². The fourth-order valence-electron chi connectivity index (χ4n) is 3.05. The molecular weight excluding hydrogens is 415 g/mol. The summed E-state index contributed by atoms with van der Waals surface area (Å²) >= 11 is 2.65. The zero-order chi connectivity index (χ0) is 20.8. The van der Waals surface area contributed by atoms with E-state index in [0.717, 1.165) is 0 Å². The van der Waals surface area contributed by atoms with Gasteiger partial charge in [0.05, 0.1) is 17.8 Å². The Morgan fingerprint density at radius 1 is 1.38 bits per heavy atom. The average Bonchev–Trinajstić information content (AvgIpc) is 3.14. The zero-order valence-corrected chi connectivity index (χ0v) is 17.9. The number of ether oxygens (including phenoxy) is 1. The molecule has 0 spiro atoms. The lowest BCUT2D eigenvalue weighted by Gasteiger charge is -2.32. The predicted molar refractivity (Wildman–Crippen MR) is 111 cm³/mol. The van der Waals surface area contributed by atoms with Gasteiger partial charge in [0.25, 0.3) is 0 Å². The van der Waals surface area contributed by atoms with E-state index in [9.17, 15) is 14.0 Å². The standard InChI is InChI=1S/C19H23FN4O3S2/c1-3-27-17(26)13-7-9-24(10-8-13)16(25)12(2)28-19-23-22-18(29-19)21-15-6-4-5-14(20)11-15/h4-6,11-13H,3,7-10H2,1-2H3,(H,21,22). The molecule has 156 valence electrons. The number of nitrogens with one attached hydrogen (secondary N) is 1. The zero-order valence-electron chi connectivity index (χ0n) is 16.3. The van der Waals surface area contributed by atoms with Gasteiger partial charge in [0.1, 0.15) is 5.82 Å². The monoisotopic (exact) mass is 438 g/mol. The third kappa shape index (κ3) is 5.89. The molecule has 1 unspecified atom stereocenters. The van der Waals surface area contributed by atoms with Gasteiger partial charge >= 0.3 is 5.97 Å². The summed E-state index contributed by atoms with van der Waals surface area (Å²) in [5, 5.41) is 11.4. The molecule has 1 amide bonds. The van der Waals surface area contributed by atoms with Gasteiger partial charge in [-0.25, -0.2) is 4.39 Å². The molecule has 0 aliphatic carbocycles. The van der Waals surface area contributed by atoms with E-state index in [2.05, 4.69) is 15.5 Å². The maximum absolute atomic E-state index is 13.3. The third-order valence-corrected chi connectivity index (χ3v) is 6.54. The van der Waals surface area contributed by atoms with Gasteiger partial charge in [-0.05, 0) is 44.9 Å². The van der Waals surface area contributed by atoms with Crippen LogP contribution in [0, 0.1) is 11.7 Å². The molecule has 1 aromatic carbocycles. The van der Waals surface area contributed by atoms with Gasteiger partial charge in [0, 0.05) is 18.8 Å². The first-order valence-electron chi connectivity index (χ1n) is 9.44. The number of carbonyl (C=O) groups excluding carboxylic acids is 2. The van der Waals surface area contributed by atoms with Crippen molar-refractivity contribution in [3.8, 4) is 0 Å². The number of likely N-dealkylation sites (tertiary alicyclic amines) is 1. The van der Waals surface area contributed by atoms with Gasteiger partial charge in [-0.1, -0.05) is 29.2 Å². The minimum atomic E-state index is -0.333. The Morgan fingerprint density at radius 2 is 2.14 bits per heavy atom. The number of hydrogen-bond donors (Lipinski definition) is 1. The van der Waals surface area contributed by atoms with E-state index >= 15 is 0 Å². The summed E-state index contributed by atoms with van der Waals surface area (Å²) in [6.45, 7) is 5.11. The Kier molecular flexibility index (Phi) is 7.43. The second-order valence-electron chi connectivity index (χ2n) is 6.62. The van der Waals surface area contributed by atoms with E-state index in [1.165, 1.54) is 35.2 Å². The van der Waals surface area contributed by atoms with Crippen LogP contribution in [0.5, 0.6) is 0 Å². The van der Waals surface area contributed by atoms with Gasteiger partial charge in [-0.3, -0.25) is 9.59 Å². The molecule has 0 bridgehead atoms. The molecule has 2 aromatic rings. The lowest BCUT2D eigenvalue weighted by molar-refractivity contribution is -0.151. The van der Waals surface area contributed by atoms with Crippen molar-refractivity contribution in [3.05, 3.63) is 30.1 Å². The number of anilines is 2. The molecule has 1 aromatic heterocycles. The number of nitrogens with zero attached hydrogens (tertiary/aromatic N) is 3. The van der Waals surface area contributed by atoms with E-state index in [0.29, 0.717) is 47.7 Å².